The Morgan fingerprint density at radius 1 is 1.33 bits per heavy atom. The van der Waals surface area contributed by atoms with E-state index in [2.05, 4.69) is 25.9 Å². The number of rotatable bonds is 3. The molecule has 0 amide bonds. The third kappa shape index (κ3) is 3.11. The fraction of sp³-hybridized carbons (Fsp3) is 0.167. The maximum Gasteiger partial charge on any atom is 0.225 e. The van der Waals surface area contributed by atoms with Gasteiger partial charge in [-0.1, -0.05) is 11.6 Å². The molecule has 2 N–H and O–H groups in total. The highest BCUT2D eigenvalue weighted by molar-refractivity contribution is 9.10. The standard InChI is InChI=1S/C12H12BrClN4/c1-18(12-16-5-9(13)6-17-12)7-8-4-10(15)2-3-11(8)14/h2-6H,7,15H2,1H3. The molecule has 0 saturated carbocycles. The normalized spacial score (nSPS) is 10.4. The first-order valence-corrected chi connectivity index (χ1v) is 6.46. The lowest BCUT2D eigenvalue weighted by Crippen LogP contribution is -2.19. The Kier molecular flexibility index (Phi) is 4.04. The van der Waals surface area contributed by atoms with Crippen LogP contribution in [-0.4, -0.2) is 17.0 Å². The van der Waals surface area contributed by atoms with Gasteiger partial charge in [-0.3, -0.25) is 0 Å². The van der Waals surface area contributed by atoms with Gasteiger partial charge in [-0.15, -0.1) is 0 Å². The van der Waals surface area contributed by atoms with Crippen LogP contribution in [0, 0.1) is 0 Å². The van der Waals surface area contributed by atoms with E-state index in [1.807, 2.05) is 18.0 Å². The lowest BCUT2D eigenvalue weighted by Gasteiger charge is -2.17. The topological polar surface area (TPSA) is 55.0 Å². The average molecular weight is 328 g/mol. The second-order valence-corrected chi connectivity index (χ2v) is 5.23. The molecule has 0 radical (unpaired) electrons. The Morgan fingerprint density at radius 2 is 2.00 bits per heavy atom. The molecule has 6 heteroatoms. The predicted molar refractivity (Wildman–Crippen MR) is 77.7 cm³/mol. The molecule has 0 unspecified atom stereocenters. The van der Waals surface area contributed by atoms with Gasteiger partial charge in [0.2, 0.25) is 5.95 Å². The van der Waals surface area contributed by atoms with E-state index in [0.29, 0.717) is 23.2 Å². The Bertz CT molecular complexity index is 544. The van der Waals surface area contributed by atoms with Gasteiger partial charge in [0.25, 0.3) is 0 Å². The van der Waals surface area contributed by atoms with Crippen molar-refractivity contribution in [1.29, 1.82) is 0 Å². The average Bonchev–Trinajstić information content (AvgIpc) is 2.34. The third-order valence-corrected chi connectivity index (χ3v) is 3.20. The molecule has 0 atom stereocenters. The van der Waals surface area contributed by atoms with Crippen LogP contribution in [0.2, 0.25) is 5.02 Å². The molecule has 0 spiro atoms. The first kappa shape index (κ1) is 13.1. The second-order valence-electron chi connectivity index (χ2n) is 3.91. The van der Waals surface area contributed by atoms with Crippen LogP contribution >= 0.6 is 27.5 Å². The van der Waals surface area contributed by atoms with E-state index in [-0.39, 0.29) is 0 Å². The van der Waals surface area contributed by atoms with Crippen LogP contribution in [0.1, 0.15) is 5.56 Å². The minimum atomic E-state index is 0.603. The van der Waals surface area contributed by atoms with Crippen LogP contribution in [0.3, 0.4) is 0 Å². The summed E-state index contributed by atoms with van der Waals surface area (Å²) in [6.07, 6.45) is 3.42. The van der Waals surface area contributed by atoms with Crippen LogP contribution in [0.15, 0.2) is 35.1 Å². The van der Waals surface area contributed by atoms with Gasteiger partial charge in [0, 0.05) is 36.7 Å². The number of hydrogen-bond acceptors (Lipinski definition) is 4. The first-order valence-electron chi connectivity index (χ1n) is 5.29. The number of benzene rings is 1. The maximum atomic E-state index is 6.12. The van der Waals surface area contributed by atoms with Crippen LogP contribution < -0.4 is 10.6 Å². The van der Waals surface area contributed by atoms with E-state index in [9.17, 15) is 0 Å². The van der Waals surface area contributed by atoms with Gasteiger partial charge in [-0.05, 0) is 39.7 Å². The predicted octanol–water partition coefficient (Wildman–Crippen LogP) is 3.11. The summed E-state index contributed by atoms with van der Waals surface area (Å²) in [6, 6.07) is 5.43. The van der Waals surface area contributed by atoms with Gasteiger partial charge in [-0.25, -0.2) is 9.97 Å². The number of hydrogen-bond donors (Lipinski definition) is 1. The maximum absolute atomic E-state index is 6.12. The zero-order valence-corrected chi connectivity index (χ0v) is 12.1. The van der Waals surface area contributed by atoms with Gasteiger partial charge in [-0.2, -0.15) is 0 Å². The molecule has 0 fully saturated rings. The van der Waals surface area contributed by atoms with E-state index in [1.54, 1.807) is 24.5 Å². The largest absolute Gasteiger partial charge is 0.399 e. The van der Waals surface area contributed by atoms with Crippen LogP contribution in [0.4, 0.5) is 11.6 Å². The summed E-state index contributed by atoms with van der Waals surface area (Å²) in [5.74, 6) is 0.636. The molecule has 18 heavy (non-hydrogen) atoms. The summed E-state index contributed by atoms with van der Waals surface area (Å²) in [4.78, 5) is 10.3. The molecule has 1 aromatic carbocycles. The quantitative estimate of drug-likeness (QED) is 0.880. The molecule has 0 bridgehead atoms. The van der Waals surface area contributed by atoms with Crippen molar-refractivity contribution in [3.05, 3.63) is 45.7 Å². The summed E-state index contributed by atoms with van der Waals surface area (Å²) in [5.41, 5.74) is 7.39. The Labute approximate surface area is 119 Å². The fourth-order valence-corrected chi connectivity index (χ4v) is 1.93. The summed E-state index contributed by atoms with van der Waals surface area (Å²) >= 11 is 9.42. The molecular weight excluding hydrogens is 316 g/mol. The fourth-order valence-electron chi connectivity index (χ4n) is 1.54. The number of nitrogens with two attached hydrogens (primary N) is 1. The molecular formula is C12H12BrClN4. The van der Waals surface area contributed by atoms with Gasteiger partial charge in [0.15, 0.2) is 0 Å². The number of nitrogen functional groups attached to an aromatic ring is 1. The molecule has 2 rings (SSSR count). The van der Waals surface area contributed by atoms with Crippen molar-refractivity contribution in [3.8, 4) is 0 Å². The summed E-state index contributed by atoms with van der Waals surface area (Å²) in [7, 11) is 1.91. The van der Waals surface area contributed by atoms with Crippen molar-refractivity contribution in [2.45, 2.75) is 6.54 Å². The van der Waals surface area contributed by atoms with E-state index >= 15 is 0 Å². The first-order chi connectivity index (χ1) is 8.56. The van der Waals surface area contributed by atoms with Crippen LogP contribution in [0.25, 0.3) is 0 Å². The molecule has 0 aliphatic carbocycles. The minimum absolute atomic E-state index is 0.603. The molecule has 94 valence electrons. The van der Waals surface area contributed by atoms with Crippen LogP contribution in [0.5, 0.6) is 0 Å². The number of aromatic nitrogens is 2. The minimum Gasteiger partial charge on any atom is -0.399 e. The zero-order valence-electron chi connectivity index (χ0n) is 9.77. The highest BCUT2D eigenvalue weighted by Gasteiger charge is 2.08. The number of nitrogens with zero attached hydrogens (tertiary/aromatic N) is 3. The third-order valence-electron chi connectivity index (χ3n) is 2.43. The van der Waals surface area contributed by atoms with Crippen molar-refractivity contribution in [2.24, 2.45) is 0 Å². The van der Waals surface area contributed by atoms with Gasteiger partial charge >= 0.3 is 0 Å². The summed E-state index contributed by atoms with van der Waals surface area (Å²) < 4.78 is 0.849. The van der Waals surface area contributed by atoms with Crippen molar-refractivity contribution < 1.29 is 0 Å². The van der Waals surface area contributed by atoms with Gasteiger partial charge in [0.05, 0.1) is 4.47 Å². The summed E-state index contributed by atoms with van der Waals surface area (Å²) in [5, 5.41) is 0.688. The summed E-state index contributed by atoms with van der Waals surface area (Å²) in [6.45, 7) is 0.603. The van der Waals surface area contributed by atoms with Gasteiger partial charge in [0.1, 0.15) is 0 Å². The van der Waals surface area contributed by atoms with E-state index in [1.165, 1.54) is 0 Å². The SMILES string of the molecule is CN(Cc1cc(N)ccc1Cl)c1ncc(Br)cn1. The Morgan fingerprint density at radius 3 is 2.67 bits per heavy atom. The molecule has 4 nitrogen and oxygen atoms in total. The van der Waals surface area contributed by atoms with Crippen molar-refractivity contribution in [3.63, 3.8) is 0 Å². The van der Waals surface area contributed by atoms with E-state index in [0.717, 1.165) is 10.0 Å². The molecule has 0 saturated heterocycles. The lowest BCUT2D eigenvalue weighted by molar-refractivity contribution is 0.865. The van der Waals surface area contributed by atoms with Crippen molar-refractivity contribution in [2.75, 3.05) is 17.7 Å². The molecule has 2 aromatic rings. The highest BCUT2D eigenvalue weighted by atomic mass is 79.9. The van der Waals surface area contributed by atoms with Crippen molar-refractivity contribution in [1.82, 2.24) is 9.97 Å². The smallest absolute Gasteiger partial charge is 0.225 e. The second kappa shape index (κ2) is 5.54. The molecule has 1 heterocycles. The lowest BCUT2D eigenvalue weighted by atomic mass is 10.2. The molecule has 0 aliphatic rings. The van der Waals surface area contributed by atoms with E-state index < -0.39 is 0 Å². The molecule has 0 aliphatic heterocycles. The number of halogens is 2. The monoisotopic (exact) mass is 326 g/mol. The highest BCUT2D eigenvalue weighted by Crippen LogP contribution is 2.21. The number of anilines is 2. The van der Waals surface area contributed by atoms with Crippen molar-refractivity contribution >= 4 is 39.2 Å². The van der Waals surface area contributed by atoms with Crippen LogP contribution in [-0.2, 0) is 6.54 Å². The Hall–Kier alpha value is -1.33. The Balaban J connectivity index is 2.18. The zero-order chi connectivity index (χ0) is 13.1. The van der Waals surface area contributed by atoms with E-state index in [4.69, 9.17) is 17.3 Å². The molecule has 1 aromatic heterocycles. The van der Waals surface area contributed by atoms with Gasteiger partial charge < -0.3 is 10.6 Å².